The highest BCUT2D eigenvalue weighted by atomic mass is 16.3. The quantitative estimate of drug-likeness (QED) is 0.510. The summed E-state index contributed by atoms with van der Waals surface area (Å²) in [5.41, 5.74) is 5.47. The molecule has 0 radical (unpaired) electrons. The maximum atomic E-state index is 13.6. The molecular formula is C27H32N2O2. The van der Waals surface area contributed by atoms with Crippen LogP contribution in [0.25, 0.3) is 0 Å². The molecule has 4 rings (SSSR count). The fourth-order valence-electron chi connectivity index (χ4n) is 4.66. The monoisotopic (exact) mass is 416 g/mol. The number of para-hydroxylation sites is 1. The summed E-state index contributed by atoms with van der Waals surface area (Å²) in [6.45, 7) is 7.36. The lowest BCUT2D eigenvalue weighted by Gasteiger charge is -2.40. The molecule has 0 aliphatic carbocycles. The number of carbonyl (C=O) groups excluding carboxylic acids is 1. The van der Waals surface area contributed by atoms with Gasteiger partial charge in [-0.2, -0.15) is 0 Å². The Kier molecular flexibility index (Phi) is 6.88. The van der Waals surface area contributed by atoms with E-state index in [9.17, 15) is 4.79 Å². The lowest BCUT2D eigenvalue weighted by molar-refractivity contribution is 0.0959. The summed E-state index contributed by atoms with van der Waals surface area (Å²) in [5.74, 6) is 0.0421. The molecule has 0 atom stereocenters. The van der Waals surface area contributed by atoms with Crippen molar-refractivity contribution in [3.8, 4) is 0 Å². The zero-order valence-electron chi connectivity index (χ0n) is 18.6. The predicted octanol–water partition coefficient (Wildman–Crippen LogP) is 5.50. The number of piperidine rings is 1. The van der Waals surface area contributed by atoms with Crippen LogP contribution in [0.3, 0.4) is 0 Å². The molecular weight excluding hydrogens is 384 g/mol. The van der Waals surface area contributed by atoms with Gasteiger partial charge in [0.1, 0.15) is 6.26 Å². The SMILES string of the molecule is CCc1cccc(C)c1N(C(=O)c1ccoc1)C1CCN(CCc2ccccc2)CC1. The molecule has 1 aliphatic heterocycles. The van der Waals surface area contributed by atoms with E-state index in [2.05, 4.69) is 72.2 Å². The summed E-state index contributed by atoms with van der Waals surface area (Å²) in [4.78, 5) is 18.2. The molecule has 0 saturated carbocycles. The molecule has 2 heterocycles. The Morgan fingerprint density at radius 1 is 1.06 bits per heavy atom. The number of benzene rings is 2. The van der Waals surface area contributed by atoms with Crippen LogP contribution in [0.4, 0.5) is 5.69 Å². The van der Waals surface area contributed by atoms with E-state index in [0.717, 1.165) is 56.6 Å². The van der Waals surface area contributed by atoms with E-state index in [1.54, 1.807) is 18.6 Å². The fourth-order valence-corrected chi connectivity index (χ4v) is 4.66. The van der Waals surface area contributed by atoms with Gasteiger partial charge in [0.05, 0.1) is 17.5 Å². The smallest absolute Gasteiger partial charge is 0.261 e. The first-order valence-corrected chi connectivity index (χ1v) is 11.4. The third-order valence-electron chi connectivity index (χ3n) is 6.41. The summed E-state index contributed by atoms with van der Waals surface area (Å²) in [7, 11) is 0. The first kappa shape index (κ1) is 21.4. The number of carbonyl (C=O) groups is 1. The van der Waals surface area contributed by atoms with Gasteiger partial charge in [-0.05, 0) is 55.4 Å². The van der Waals surface area contributed by atoms with Crippen molar-refractivity contribution in [1.29, 1.82) is 0 Å². The zero-order chi connectivity index (χ0) is 21.6. The van der Waals surface area contributed by atoms with Crippen LogP contribution in [0.5, 0.6) is 0 Å². The Morgan fingerprint density at radius 2 is 1.84 bits per heavy atom. The molecule has 162 valence electrons. The minimum Gasteiger partial charge on any atom is -0.472 e. The predicted molar refractivity (Wildman–Crippen MR) is 126 cm³/mol. The van der Waals surface area contributed by atoms with E-state index >= 15 is 0 Å². The number of hydrogen-bond donors (Lipinski definition) is 0. The number of nitrogens with zero attached hydrogens (tertiary/aromatic N) is 2. The van der Waals surface area contributed by atoms with E-state index in [1.165, 1.54) is 11.1 Å². The number of likely N-dealkylation sites (tertiary alicyclic amines) is 1. The van der Waals surface area contributed by atoms with Gasteiger partial charge < -0.3 is 14.2 Å². The van der Waals surface area contributed by atoms with Gasteiger partial charge in [0.2, 0.25) is 0 Å². The molecule has 3 aromatic rings. The maximum absolute atomic E-state index is 13.6. The van der Waals surface area contributed by atoms with Crippen molar-refractivity contribution in [2.24, 2.45) is 0 Å². The van der Waals surface area contributed by atoms with Crippen molar-refractivity contribution in [3.63, 3.8) is 0 Å². The highest BCUT2D eigenvalue weighted by Crippen LogP contribution is 2.32. The fraction of sp³-hybridized carbons (Fsp3) is 0.370. The highest BCUT2D eigenvalue weighted by molar-refractivity contribution is 6.07. The molecule has 0 N–H and O–H groups in total. The summed E-state index contributed by atoms with van der Waals surface area (Å²) in [5, 5.41) is 0. The van der Waals surface area contributed by atoms with Crippen molar-refractivity contribution in [2.45, 2.75) is 45.6 Å². The minimum absolute atomic E-state index is 0.0421. The van der Waals surface area contributed by atoms with Crippen LogP contribution in [0, 0.1) is 6.92 Å². The Hall–Kier alpha value is -2.85. The molecule has 1 aromatic heterocycles. The normalized spacial score (nSPS) is 15.2. The van der Waals surface area contributed by atoms with Crippen LogP contribution in [0.15, 0.2) is 71.5 Å². The number of furan rings is 1. The van der Waals surface area contributed by atoms with Gasteiger partial charge in [-0.25, -0.2) is 0 Å². The molecule has 2 aromatic carbocycles. The minimum atomic E-state index is 0.0421. The zero-order valence-corrected chi connectivity index (χ0v) is 18.6. The molecule has 1 amide bonds. The second kappa shape index (κ2) is 9.97. The molecule has 0 bridgehead atoms. The van der Waals surface area contributed by atoms with Crippen molar-refractivity contribution < 1.29 is 9.21 Å². The van der Waals surface area contributed by atoms with E-state index < -0.39 is 0 Å². The summed E-state index contributed by atoms with van der Waals surface area (Å²) >= 11 is 0. The van der Waals surface area contributed by atoms with Crippen LogP contribution in [0.1, 0.15) is 46.8 Å². The summed E-state index contributed by atoms with van der Waals surface area (Å²) in [6, 6.07) is 19.0. The molecule has 1 aliphatic rings. The maximum Gasteiger partial charge on any atom is 0.261 e. The molecule has 4 nitrogen and oxygen atoms in total. The average Bonchev–Trinajstić information content (AvgIpc) is 3.35. The van der Waals surface area contributed by atoms with Crippen LogP contribution < -0.4 is 4.90 Å². The lowest BCUT2D eigenvalue weighted by Crippen LogP contribution is -2.48. The topological polar surface area (TPSA) is 36.7 Å². The Balaban J connectivity index is 1.51. The van der Waals surface area contributed by atoms with Gasteiger partial charge in [-0.1, -0.05) is 55.5 Å². The second-order valence-corrected chi connectivity index (χ2v) is 8.43. The van der Waals surface area contributed by atoms with Crippen molar-refractivity contribution in [1.82, 2.24) is 4.90 Å². The highest BCUT2D eigenvalue weighted by Gasteiger charge is 2.32. The van der Waals surface area contributed by atoms with Crippen molar-refractivity contribution in [2.75, 3.05) is 24.5 Å². The lowest BCUT2D eigenvalue weighted by atomic mass is 9.97. The van der Waals surface area contributed by atoms with Gasteiger partial charge in [0, 0.05) is 25.7 Å². The van der Waals surface area contributed by atoms with Gasteiger partial charge in [0.25, 0.3) is 5.91 Å². The van der Waals surface area contributed by atoms with Gasteiger partial charge in [-0.15, -0.1) is 0 Å². The number of rotatable bonds is 7. The number of aryl methyl sites for hydroxylation is 2. The Bertz CT molecular complexity index is 974. The number of anilines is 1. The van der Waals surface area contributed by atoms with Gasteiger partial charge in [0.15, 0.2) is 0 Å². The van der Waals surface area contributed by atoms with Gasteiger partial charge in [-0.3, -0.25) is 4.79 Å². The van der Waals surface area contributed by atoms with E-state index in [4.69, 9.17) is 4.42 Å². The summed E-state index contributed by atoms with van der Waals surface area (Å²) in [6.07, 6.45) is 7.08. The third kappa shape index (κ3) is 4.91. The third-order valence-corrected chi connectivity index (χ3v) is 6.41. The first-order chi connectivity index (χ1) is 15.2. The van der Waals surface area contributed by atoms with E-state index in [-0.39, 0.29) is 11.9 Å². The van der Waals surface area contributed by atoms with Crippen molar-refractivity contribution >= 4 is 11.6 Å². The second-order valence-electron chi connectivity index (χ2n) is 8.43. The first-order valence-electron chi connectivity index (χ1n) is 11.4. The van der Waals surface area contributed by atoms with Crippen LogP contribution in [-0.4, -0.2) is 36.5 Å². The van der Waals surface area contributed by atoms with E-state index in [1.807, 2.05) is 0 Å². The van der Waals surface area contributed by atoms with E-state index in [0.29, 0.717) is 5.56 Å². The van der Waals surface area contributed by atoms with Crippen LogP contribution in [-0.2, 0) is 12.8 Å². The standard InChI is InChI=1S/C27H32N2O2/c1-3-23-11-7-8-21(2)26(23)29(27(30)24-15-19-31-20-24)25-13-17-28(18-14-25)16-12-22-9-5-4-6-10-22/h4-11,15,19-20,25H,3,12-14,16-18H2,1-2H3. The number of amides is 1. The largest absolute Gasteiger partial charge is 0.472 e. The average molecular weight is 417 g/mol. The Morgan fingerprint density at radius 3 is 2.52 bits per heavy atom. The van der Waals surface area contributed by atoms with Crippen LogP contribution in [0.2, 0.25) is 0 Å². The molecule has 1 fully saturated rings. The van der Waals surface area contributed by atoms with Gasteiger partial charge >= 0.3 is 0 Å². The molecule has 4 heteroatoms. The summed E-state index contributed by atoms with van der Waals surface area (Å²) < 4.78 is 5.23. The molecule has 1 saturated heterocycles. The number of hydrogen-bond acceptors (Lipinski definition) is 3. The Labute approximate surface area is 185 Å². The molecule has 31 heavy (non-hydrogen) atoms. The molecule has 0 spiro atoms. The van der Waals surface area contributed by atoms with Crippen molar-refractivity contribution in [3.05, 3.63) is 89.4 Å². The molecule has 0 unspecified atom stereocenters. The van der Waals surface area contributed by atoms with Crippen LogP contribution >= 0.6 is 0 Å².